The first-order chi connectivity index (χ1) is 6.36. The van der Waals surface area contributed by atoms with E-state index in [2.05, 4.69) is 6.92 Å². The Kier molecular flexibility index (Phi) is 4.33. The number of hydrogen-bond acceptors (Lipinski definition) is 2. The summed E-state index contributed by atoms with van der Waals surface area (Å²) in [6.45, 7) is 2.72. The Morgan fingerprint density at radius 1 is 1.31 bits per heavy atom. The summed E-state index contributed by atoms with van der Waals surface area (Å²) in [7, 11) is 0. The van der Waals surface area contributed by atoms with Crippen LogP contribution >= 0.6 is 0 Å². The zero-order valence-electron chi connectivity index (χ0n) is 8.07. The molecule has 0 aliphatic carbocycles. The zero-order valence-corrected chi connectivity index (χ0v) is 8.07. The first kappa shape index (κ1) is 10.1. The molecule has 1 rings (SSSR count). The lowest BCUT2D eigenvalue weighted by molar-refractivity contribution is 0.198. The van der Waals surface area contributed by atoms with Crippen LogP contribution in [0.4, 0.5) is 0 Å². The summed E-state index contributed by atoms with van der Waals surface area (Å²) in [5.41, 5.74) is 5.58. The molecule has 0 saturated carbocycles. The molecule has 72 valence electrons. The molecule has 0 saturated heterocycles. The fourth-order valence-electron chi connectivity index (χ4n) is 1.24. The average Bonchev–Trinajstić information content (AvgIpc) is 2.19. The van der Waals surface area contributed by atoms with Crippen LogP contribution in [-0.2, 0) is 0 Å². The van der Waals surface area contributed by atoms with Crippen molar-refractivity contribution in [2.24, 2.45) is 5.73 Å². The normalized spacial score (nSPS) is 12.5. The Hall–Kier alpha value is -1.02. The number of benzene rings is 1. The summed E-state index contributed by atoms with van der Waals surface area (Å²) < 4.78 is 5.68. The maximum Gasteiger partial charge on any atom is 0.119 e. The van der Waals surface area contributed by atoms with Crippen molar-refractivity contribution in [1.82, 2.24) is 0 Å². The molecular weight excluding hydrogens is 162 g/mol. The third-order valence-electron chi connectivity index (χ3n) is 1.92. The van der Waals surface area contributed by atoms with E-state index in [4.69, 9.17) is 10.5 Å². The predicted octanol–water partition coefficient (Wildman–Crippen LogP) is 2.19. The third kappa shape index (κ3) is 3.47. The molecule has 1 atom stereocenters. The van der Waals surface area contributed by atoms with Crippen LogP contribution in [0.5, 0.6) is 5.75 Å². The van der Waals surface area contributed by atoms with E-state index in [1.165, 1.54) is 0 Å². The van der Waals surface area contributed by atoms with Crippen molar-refractivity contribution in [3.05, 3.63) is 30.3 Å². The molecule has 1 unspecified atom stereocenters. The van der Waals surface area contributed by atoms with Crippen LogP contribution in [0.1, 0.15) is 19.8 Å². The smallest absolute Gasteiger partial charge is 0.119 e. The van der Waals surface area contributed by atoms with Gasteiger partial charge in [-0.15, -0.1) is 0 Å². The Morgan fingerprint density at radius 2 is 2.00 bits per heavy atom. The van der Waals surface area contributed by atoms with Crippen molar-refractivity contribution >= 4 is 0 Å². The molecule has 0 spiro atoms. The number of nitrogens with two attached hydrogens (primary N) is 1. The van der Waals surface area contributed by atoms with Crippen LogP contribution in [0.3, 0.4) is 0 Å². The van der Waals surface area contributed by atoms with Gasteiger partial charge >= 0.3 is 0 Å². The van der Waals surface area contributed by atoms with Crippen molar-refractivity contribution in [1.29, 1.82) is 0 Å². The van der Waals surface area contributed by atoms with Crippen molar-refractivity contribution in [3.8, 4) is 5.75 Å². The second-order valence-electron chi connectivity index (χ2n) is 3.08. The van der Waals surface area contributed by atoms with E-state index >= 15 is 0 Å². The molecule has 0 fully saturated rings. The van der Waals surface area contributed by atoms with E-state index in [-0.39, 0.29) is 6.10 Å². The fourth-order valence-corrected chi connectivity index (χ4v) is 1.24. The minimum absolute atomic E-state index is 0.160. The molecule has 13 heavy (non-hydrogen) atoms. The maximum absolute atomic E-state index is 5.68. The topological polar surface area (TPSA) is 35.2 Å². The summed E-state index contributed by atoms with van der Waals surface area (Å²) in [6.07, 6.45) is 2.28. The second-order valence-corrected chi connectivity index (χ2v) is 3.08. The molecule has 0 amide bonds. The van der Waals surface area contributed by atoms with Gasteiger partial charge in [0.2, 0.25) is 0 Å². The highest BCUT2D eigenvalue weighted by Crippen LogP contribution is 2.12. The minimum Gasteiger partial charge on any atom is -0.489 e. The highest BCUT2D eigenvalue weighted by Gasteiger charge is 2.05. The molecular formula is C11H17NO. The van der Waals surface area contributed by atoms with Gasteiger partial charge in [-0.05, 0) is 18.6 Å². The van der Waals surface area contributed by atoms with E-state index in [0.29, 0.717) is 6.54 Å². The number of ether oxygens (including phenoxy) is 1. The van der Waals surface area contributed by atoms with E-state index in [9.17, 15) is 0 Å². The van der Waals surface area contributed by atoms with Gasteiger partial charge in [0.15, 0.2) is 0 Å². The summed E-state index contributed by atoms with van der Waals surface area (Å²) in [5.74, 6) is 0.909. The summed E-state index contributed by atoms with van der Waals surface area (Å²) in [5, 5.41) is 0. The minimum atomic E-state index is 0.160. The average molecular weight is 179 g/mol. The molecule has 0 heterocycles. The van der Waals surface area contributed by atoms with Gasteiger partial charge in [0, 0.05) is 6.54 Å². The van der Waals surface area contributed by atoms with E-state index in [0.717, 1.165) is 18.6 Å². The molecule has 2 nitrogen and oxygen atoms in total. The van der Waals surface area contributed by atoms with E-state index in [1.807, 2.05) is 30.3 Å². The van der Waals surface area contributed by atoms with E-state index < -0.39 is 0 Å². The second kappa shape index (κ2) is 5.60. The molecule has 0 aliphatic rings. The van der Waals surface area contributed by atoms with Crippen LogP contribution in [0.25, 0.3) is 0 Å². The van der Waals surface area contributed by atoms with Gasteiger partial charge in [-0.25, -0.2) is 0 Å². The number of para-hydroxylation sites is 1. The van der Waals surface area contributed by atoms with Gasteiger partial charge < -0.3 is 10.5 Å². The van der Waals surface area contributed by atoms with Crippen molar-refractivity contribution in [2.75, 3.05) is 6.54 Å². The monoisotopic (exact) mass is 179 g/mol. The van der Waals surface area contributed by atoms with Gasteiger partial charge in [-0.3, -0.25) is 0 Å². The first-order valence-electron chi connectivity index (χ1n) is 4.78. The Bertz CT molecular complexity index is 223. The molecule has 0 bridgehead atoms. The highest BCUT2D eigenvalue weighted by atomic mass is 16.5. The van der Waals surface area contributed by atoms with Crippen LogP contribution in [-0.4, -0.2) is 12.6 Å². The molecule has 0 radical (unpaired) electrons. The molecule has 0 aliphatic heterocycles. The number of rotatable bonds is 5. The summed E-state index contributed by atoms with van der Waals surface area (Å²) in [4.78, 5) is 0. The Morgan fingerprint density at radius 3 is 2.54 bits per heavy atom. The first-order valence-corrected chi connectivity index (χ1v) is 4.78. The lowest BCUT2D eigenvalue weighted by Gasteiger charge is -2.16. The van der Waals surface area contributed by atoms with Gasteiger partial charge in [0.05, 0.1) is 0 Å². The van der Waals surface area contributed by atoms with Crippen molar-refractivity contribution in [3.63, 3.8) is 0 Å². The summed E-state index contributed by atoms with van der Waals surface area (Å²) >= 11 is 0. The van der Waals surface area contributed by atoms with Gasteiger partial charge in [-0.1, -0.05) is 31.5 Å². The largest absolute Gasteiger partial charge is 0.489 e. The van der Waals surface area contributed by atoms with Gasteiger partial charge in [-0.2, -0.15) is 0 Å². The lowest BCUT2D eigenvalue weighted by atomic mass is 10.2. The molecule has 2 heteroatoms. The van der Waals surface area contributed by atoms with Crippen LogP contribution in [0.2, 0.25) is 0 Å². The van der Waals surface area contributed by atoms with Crippen molar-refractivity contribution < 1.29 is 4.74 Å². The Balaban J connectivity index is 2.46. The molecule has 0 aromatic heterocycles. The lowest BCUT2D eigenvalue weighted by Crippen LogP contribution is -2.26. The standard InChI is InChI=1S/C11H17NO/c1-2-6-11(9-12)13-10-7-4-3-5-8-10/h3-5,7-8,11H,2,6,9,12H2,1H3. The van der Waals surface area contributed by atoms with Crippen LogP contribution in [0, 0.1) is 0 Å². The molecule has 1 aromatic rings. The van der Waals surface area contributed by atoms with Crippen LogP contribution in [0.15, 0.2) is 30.3 Å². The fraction of sp³-hybridized carbons (Fsp3) is 0.455. The Labute approximate surface area is 79.7 Å². The number of hydrogen-bond donors (Lipinski definition) is 1. The summed E-state index contributed by atoms with van der Waals surface area (Å²) in [6, 6.07) is 9.82. The van der Waals surface area contributed by atoms with E-state index in [1.54, 1.807) is 0 Å². The molecule has 2 N–H and O–H groups in total. The molecule has 1 aromatic carbocycles. The predicted molar refractivity (Wildman–Crippen MR) is 54.8 cm³/mol. The highest BCUT2D eigenvalue weighted by molar-refractivity contribution is 5.21. The SMILES string of the molecule is CCCC(CN)Oc1ccccc1. The quantitative estimate of drug-likeness (QED) is 0.752. The third-order valence-corrected chi connectivity index (χ3v) is 1.92. The van der Waals surface area contributed by atoms with Crippen LogP contribution < -0.4 is 10.5 Å². The maximum atomic E-state index is 5.68. The van der Waals surface area contributed by atoms with Gasteiger partial charge in [0.25, 0.3) is 0 Å². The van der Waals surface area contributed by atoms with Gasteiger partial charge in [0.1, 0.15) is 11.9 Å². The van der Waals surface area contributed by atoms with Crippen molar-refractivity contribution in [2.45, 2.75) is 25.9 Å². The zero-order chi connectivity index (χ0) is 9.52.